The second-order valence-electron chi connectivity index (χ2n) is 17.0. The first-order valence-electron chi connectivity index (χ1n) is 21.4. The Morgan fingerprint density at radius 1 is 0.825 bits per heavy atom. The number of anilines is 2. The molecule has 0 amide bonds. The number of fused-ring (bicyclic) bond motifs is 4. The molecule has 1 aliphatic carbocycles. The fourth-order valence-electron chi connectivity index (χ4n) is 8.34. The van der Waals surface area contributed by atoms with Gasteiger partial charge >= 0.3 is 20.1 Å². The van der Waals surface area contributed by atoms with Crippen LogP contribution in [-0.4, -0.2) is 13.1 Å². The molecule has 57 heavy (non-hydrogen) atoms. The number of hydrogen-bond acceptors (Lipinski definition) is 3. The Labute approximate surface area is 357 Å². The van der Waals surface area contributed by atoms with Crippen LogP contribution >= 0.6 is 0 Å². The van der Waals surface area contributed by atoms with Gasteiger partial charge in [0.15, 0.2) is 0 Å². The molecule has 1 aliphatic heterocycles. The molecule has 0 radical (unpaired) electrons. The minimum absolute atomic E-state index is 0. The molecule has 1 saturated carbocycles. The number of para-hydroxylation sites is 4. The molecule has 9 rings (SSSR count). The number of hydrogen-bond donors (Lipinski definition) is 0. The number of aromatic nitrogens is 1. The molecule has 292 valence electrons. The van der Waals surface area contributed by atoms with Crippen LogP contribution in [0, 0.1) is 18.1 Å². The van der Waals surface area contributed by atoms with Gasteiger partial charge in [-0.3, -0.25) is 0 Å². The van der Waals surface area contributed by atoms with Crippen LogP contribution in [0.3, 0.4) is 0 Å². The number of nitrogens with zero attached hydrogens (tertiary/aromatic N) is 3. The zero-order valence-corrected chi connectivity index (χ0v) is 37.6. The van der Waals surface area contributed by atoms with E-state index in [0.29, 0.717) is 11.8 Å². The van der Waals surface area contributed by atoms with Crippen LogP contribution in [0.4, 0.5) is 17.1 Å². The maximum Gasteiger partial charge on any atom is 3.00 e. The van der Waals surface area contributed by atoms with Crippen LogP contribution in [0.1, 0.15) is 96.4 Å². The topological polar surface area (TPSA) is 43.4 Å². The normalized spacial score (nSPS) is 16.2. The van der Waals surface area contributed by atoms with E-state index < -0.39 is 14.4 Å². The molecule has 5 aromatic carbocycles. The predicted octanol–water partition coefficient (Wildman–Crippen LogP) is 14.3. The molecule has 6 heteroatoms. The second-order valence-corrected chi connectivity index (χ2v) is 22.0. The van der Waals surface area contributed by atoms with Crippen molar-refractivity contribution in [2.45, 2.75) is 97.4 Å². The second kappa shape index (κ2) is 17.2. The van der Waals surface area contributed by atoms with Gasteiger partial charge in [-0.05, 0) is 64.4 Å². The van der Waals surface area contributed by atoms with Crippen LogP contribution in [0.5, 0.6) is 0 Å². The molecule has 1 atom stereocenters. The van der Waals surface area contributed by atoms with Crippen molar-refractivity contribution in [1.29, 1.82) is 0 Å². The standard InChI is InChI=1S/C31H28N2O.C20H26NSi.Ir/c1-19(2)22-11-9-12-23(20(3)4)30(22)33-27-14-7-6-13-26(27)32-31(33)21-16-17-29-25(18-21)24-10-5-8-15-28(24)34-29;1-22(2,3)20-15-21-19(17-11-5-4-6-12-17)14-18(20)13-16-9-7-8-10-16;/h5-15,17-20,31H,1-4H3;4-6,11,14-16H,7-10,13H2,1-3H3;/q-2;-1;+3/i;13D2;. The van der Waals surface area contributed by atoms with Crippen LogP contribution in [0.15, 0.2) is 120 Å². The van der Waals surface area contributed by atoms with Crippen molar-refractivity contribution < 1.29 is 27.3 Å². The molecule has 0 saturated heterocycles. The van der Waals surface area contributed by atoms with Crippen molar-refractivity contribution in [1.82, 2.24) is 4.98 Å². The summed E-state index contributed by atoms with van der Waals surface area (Å²) in [6.07, 6.45) is 4.75. The Morgan fingerprint density at radius 2 is 1.53 bits per heavy atom. The average Bonchev–Trinajstić information content (AvgIpc) is 3.99. The molecular formula is C51H54IrN3OSi. The first kappa shape index (κ1) is 38.1. The summed E-state index contributed by atoms with van der Waals surface area (Å²) >= 11 is 0. The Kier molecular flexibility index (Phi) is 11.5. The molecule has 4 nitrogen and oxygen atoms in total. The summed E-state index contributed by atoms with van der Waals surface area (Å²) in [5.41, 5.74) is 11.6. The van der Waals surface area contributed by atoms with Crippen molar-refractivity contribution in [2.75, 3.05) is 4.90 Å². The zero-order chi connectivity index (χ0) is 40.8. The van der Waals surface area contributed by atoms with Gasteiger partial charge in [-0.15, -0.1) is 47.6 Å². The van der Waals surface area contributed by atoms with Gasteiger partial charge in [0, 0.05) is 31.3 Å². The summed E-state index contributed by atoms with van der Waals surface area (Å²) < 4.78 is 23.9. The van der Waals surface area contributed by atoms with E-state index >= 15 is 0 Å². The third kappa shape index (κ3) is 8.41. The molecule has 3 heterocycles. The monoisotopic (exact) mass is 947 g/mol. The Bertz CT molecular complexity index is 2530. The SMILES string of the molecule is CC(C)c1cccc(C(C)C)c1N1c2ccccc2[N-]C1c1[c-]cc2oc3ccccc3c2c1.[2H]C([2H])(c1cc(-c2[c-]cccc2)ncc1[Si](C)(C)C)C1CCCC1.[Ir+3]. The summed E-state index contributed by atoms with van der Waals surface area (Å²) in [7, 11) is -1.68. The van der Waals surface area contributed by atoms with E-state index in [4.69, 9.17) is 12.5 Å². The summed E-state index contributed by atoms with van der Waals surface area (Å²) in [5.74, 6) is 0.917. The van der Waals surface area contributed by atoms with E-state index in [1.807, 2.05) is 54.7 Å². The Balaban J connectivity index is 0.000000187. The van der Waals surface area contributed by atoms with E-state index in [9.17, 15) is 0 Å². The quantitative estimate of drug-likeness (QED) is 0.113. The van der Waals surface area contributed by atoms with Crippen LogP contribution in [0.2, 0.25) is 19.6 Å². The molecule has 2 aliphatic rings. The predicted molar refractivity (Wildman–Crippen MR) is 239 cm³/mol. The Hall–Kier alpha value is -4.48. The van der Waals surface area contributed by atoms with E-state index in [1.54, 1.807) is 0 Å². The van der Waals surface area contributed by atoms with Crippen molar-refractivity contribution in [3.05, 3.63) is 155 Å². The first-order valence-corrected chi connectivity index (χ1v) is 23.9. The van der Waals surface area contributed by atoms with Crippen molar-refractivity contribution in [2.24, 2.45) is 5.92 Å². The molecule has 0 N–H and O–H groups in total. The van der Waals surface area contributed by atoms with Gasteiger partial charge in [0.05, 0.1) is 8.07 Å². The summed E-state index contributed by atoms with van der Waals surface area (Å²) in [4.78, 5) is 7.08. The summed E-state index contributed by atoms with van der Waals surface area (Å²) in [5, 5.41) is 8.60. The molecule has 0 bridgehead atoms. The molecule has 7 aromatic rings. The van der Waals surface area contributed by atoms with Gasteiger partial charge in [0.25, 0.3) is 0 Å². The number of furan rings is 1. The van der Waals surface area contributed by atoms with Crippen LogP contribution < -0.4 is 10.1 Å². The minimum atomic E-state index is -1.68. The van der Waals surface area contributed by atoms with Gasteiger partial charge in [0.1, 0.15) is 5.58 Å². The molecule has 1 fully saturated rings. The maximum atomic E-state index is 8.90. The molecule has 2 aromatic heterocycles. The fraction of sp³-hybridized carbons (Fsp3) is 0.314. The largest absolute Gasteiger partial charge is 3.00 e. The van der Waals surface area contributed by atoms with E-state index in [-0.39, 0.29) is 32.2 Å². The fourth-order valence-corrected chi connectivity index (χ4v) is 9.74. The van der Waals surface area contributed by atoms with Gasteiger partial charge in [0.2, 0.25) is 0 Å². The maximum absolute atomic E-state index is 8.90. The first-order chi connectivity index (χ1) is 27.8. The van der Waals surface area contributed by atoms with Crippen LogP contribution in [0.25, 0.3) is 38.5 Å². The smallest absolute Gasteiger partial charge is 0.661 e. The van der Waals surface area contributed by atoms with Gasteiger partial charge < -0.3 is 19.6 Å². The van der Waals surface area contributed by atoms with E-state index in [1.165, 1.54) is 16.8 Å². The molecule has 0 spiro atoms. The van der Waals surface area contributed by atoms with Gasteiger partial charge in [-0.25, -0.2) is 0 Å². The summed E-state index contributed by atoms with van der Waals surface area (Å²) in [6.45, 7) is 15.9. The summed E-state index contributed by atoms with van der Waals surface area (Å²) in [6, 6.07) is 44.1. The van der Waals surface area contributed by atoms with Crippen molar-refractivity contribution >= 4 is 52.3 Å². The molecule has 1 unspecified atom stereocenters. The van der Waals surface area contributed by atoms with Gasteiger partial charge in [-0.2, -0.15) is 17.7 Å². The zero-order valence-electron chi connectivity index (χ0n) is 36.2. The third-order valence-electron chi connectivity index (χ3n) is 11.3. The van der Waals surface area contributed by atoms with Crippen molar-refractivity contribution in [3.63, 3.8) is 0 Å². The number of benzene rings is 5. The minimum Gasteiger partial charge on any atom is -0.661 e. The van der Waals surface area contributed by atoms with Crippen molar-refractivity contribution in [3.8, 4) is 11.3 Å². The van der Waals surface area contributed by atoms with E-state index in [0.717, 1.165) is 86.6 Å². The Morgan fingerprint density at radius 3 is 2.23 bits per heavy atom. The molecular weight excluding hydrogens is 891 g/mol. The van der Waals surface area contributed by atoms with Gasteiger partial charge in [-0.1, -0.05) is 145 Å². The van der Waals surface area contributed by atoms with E-state index in [2.05, 4.69) is 130 Å². The number of pyridine rings is 1. The number of rotatable bonds is 8. The average molecular weight is 947 g/mol. The third-order valence-corrected chi connectivity index (χ3v) is 13.3. The van der Waals surface area contributed by atoms with Crippen LogP contribution in [-0.2, 0) is 26.5 Å².